The minimum Gasteiger partial charge on any atom is -0.207 e. The van der Waals surface area contributed by atoms with Crippen LogP contribution in [0.3, 0.4) is 0 Å². The Morgan fingerprint density at radius 3 is 2.80 bits per heavy atom. The van der Waals surface area contributed by atoms with Gasteiger partial charge in [0.05, 0.1) is 0 Å². The van der Waals surface area contributed by atoms with Gasteiger partial charge < -0.3 is 0 Å². The molecule has 0 radical (unpaired) electrons. The van der Waals surface area contributed by atoms with Crippen LogP contribution in [0.15, 0.2) is 24.3 Å². The summed E-state index contributed by atoms with van der Waals surface area (Å²) >= 11 is 6.11. The monoisotopic (exact) mass is 226 g/mol. The van der Waals surface area contributed by atoms with Gasteiger partial charge in [0, 0.05) is 5.38 Å². The molecule has 1 aromatic carbocycles. The maximum atomic E-state index is 13.5. The Morgan fingerprint density at radius 2 is 2.20 bits per heavy atom. The molecule has 1 aromatic rings. The number of halogens is 2. The molecule has 0 aromatic heterocycles. The molecule has 1 aliphatic carbocycles. The number of hydrogen-bond donors (Lipinski definition) is 0. The Kier molecular flexibility index (Phi) is 3.01. The largest absolute Gasteiger partial charge is 0.207 e. The first-order chi connectivity index (χ1) is 7.09. The second-order valence-electron chi connectivity index (χ2n) is 4.92. The quantitative estimate of drug-likeness (QED) is 0.664. The topological polar surface area (TPSA) is 0 Å². The van der Waals surface area contributed by atoms with Gasteiger partial charge in [-0.2, -0.15) is 0 Å². The molecule has 0 spiro atoms. The van der Waals surface area contributed by atoms with Crippen molar-refractivity contribution in [2.45, 2.75) is 38.0 Å². The molecular weight excluding hydrogens is 211 g/mol. The SMILES string of the molecule is CC1(Cc2ccccc2F)CCC(Cl)C1. The van der Waals surface area contributed by atoms with Crippen molar-refractivity contribution >= 4 is 11.6 Å². The summed E-state index contributed by atoms with van der Waals surface area (Å²) in [5, 5.41) is 0.279. The summed E-state index contributed by atoms with van der Waals surface area (Å²) in [6.07, 6.45) is 3.98. The zero-order valence-corrected chi connectivity index (χ0v) is 9.73. The molecule has 1 aliphatic rings. The molecule has 0 aliphatic heterocycles. The van der Waals surface area contributed by atoms with Crippen LogP contribution in [0, 0.1) is 11.2 Å². The standard InChI is InChI=1S/C13H16ClF/c1-13(7-6-11(14)9-13)8-10-4-2-3-5-12(10)15/h2-5,11H,6-9H2,1H3. The predicted octanol–water partition coefficient (Wildman–Crippen LogP) is 4.17. The summed E-state index contributed by atoms with van der Waals surface area (Å²) in [5.41, 5.74) is 1.01. The molecule has 2 atom stereocenters. The fourth-order valence-electron chi connectivity index (χ4n) is 2.51. The predicted molar refractivity (Wildman–Crippen MR) is 61.7 cm³/mol. The van der Waals surface area contributed by atoms with Gasteiger partial charge in [-0.1, -0.05) is 25.1 Å². The van der Waals surface area contributed by atoms with E-state index in [-0.39, 0.29) is 16.6 Å². The van der Waals surface area contributed by atoms with Crippen molar-refractivity contribution in [3.8, 4) is 0 Å². The number of alkyl halides is 1. The van der Waals surface area contributed by atoms with E-state index in [0.717, 1.165) is 31.2 Å². The van der Waals surface area contributed by atoms with Gasteiger partial charge >= 0.3 is 0 Å². The van der Waals surface area contributed by atoms with Crippen molar-refractivity contribution in [3.63, 3.8) is 0 Å². The lowest BCUT2D eigenvalue weighted by atomic mass is 9.82. The molecule has 2 heteroatoms. The van der Waals surface area contributed by atoms with Crippen LogP contribution in [0.2, 0.25) is 0 Å². The summed E-state index contributed by atoms with van der Waals surface area (Å²) in [5.74, 6) is -0.0863. The first-order valence-electron chi connectivity index (χ1n) is 5.47. The Hall–Kier alpha value is -0.560. The molecule has 1 saturated carbocycles. The Morgan fingerprint density at radius 1 is 1.47 bits per heavy atom. The lowest BCUT2D eigenvalue weighted by Crippen LogP contribution is -2.16. The molecule has 15 heavy (non-hydrogen) atoms. The first kappa shape index (κ1) is 10.9. The van der Waals surface area contributed by atoms with Crippen LogP contribution in [0.4, 0.5) is 4.39 Å². The highest BCUT2D eigenvalue weighted by atomic mass is 35.5. The molecule has 2 unspecified atom stereocenters. The van der Waals surface area contributed by atoms with Crippen molar-refractivity contribution in [1.29, 1.82) is 0 Å². The van der Waals surface area contributed by atoms with E-state index in [4.69, 9.17) is 11.6 Å². The van der Waals surface area contributed by atoms with Gasteiger partial charge in [-0.3, -0.25) is 0 Å². The molecule has 0 nitrogen and oxygen atoms in total. The van der Waals surface area contributed by atoms with E-state index in [2.05, 4.69) is 6.92 Å². The third-order valence-corrected chi connectivity index (χ3v) is 3.72. The number of rotatable bonds is 2. The van der Waals surface area contributed by atoms with E-state index in [9.17, 15) is 4.39 Å². The van der Waals surface area contributed by atoms with Crippen LogP contribution in [0.25, 0.3) is 0 Å². The summed E-state index contributed by atoms with van der Waals surface area (Å²) in [7, 11) is 0. The van der Waals surface area contributed by atoms with E-state index in [1.54, 1.807) is 6.07 Å². The second-order valence-corrected chi connectivity index (χ2v) is 5.54. The summed E-state index contributed by atoms with van der Waals surface area (Å²) < 4.78 is 13.5. The minimum atomic E-state index is -0.0863. The van der Waals surface area contributed by atoms with E-state index < -0.39 is 0 Å². The van der Waals surface area contributed by atoms with Crippen LogP contribution in [0.1, 0.15) is 31.7 Å². The highest BCUT2D eigenvalue weighted by Crippen LogP contribution is 2.42. The molecule has 0 N–H and O–H groups in total. The van der Waals surface area contributed by atoms with Crippen LogP contribution >= 0.6 is 11.6 Å². The number of benzene rings is 1. The normalized spacial score (nSPS) is 30.7. The third kappa shape index (κ3) is 2.52. The maximum Gasteiger partial charge on any atom is 0.126 e. The molecule has 1 fully saturated rings. The molecule has 0 amide bonds. The Balaban J connectivity index is 2.12. The molecule has 0 bridgehead atoms. The highest BCUT2D eigenvalue weighted by molar-refractivity contribution is 6.20. The third-order valence-electron chi connectivity index (χ3n) is 3.35. The smallest absolute Gasteiger partial charge is 0.126 e. The second kappa shape index (κ2) is 4.13. The Bertz CT molecular complexity index is 350. The fraction of sp³-hybridized carbons (Fsp3) is 0.538. The maximum absolute atomic E-state index is 13.5. The molecule has 2 rings (SSSR count). The van der Waals surface area contributed by atoms with Crippen LogP contribution < -0.4 is 0 Å². The lowest BCUT2D eigenvalue weighted by molar-refractivity contribution is 0.330. The molecule has 82 valence electrons. The van der Waals surface area contributed by atoms with Crippen LogP contribution in [-0.2, 0) is 6.42 Å². The van der Waals surface area contributed by atoms with E-state index in [0.29, 0.717) is 0 Å². The van der Waals surface area contributed by atoms with E-state index >= 15 is 0 Å². The Labute approximate surface area is 95.4 Å². The first-order valence-corrected chi connectivity index (χ1v) is 5.90. The van der Waals surface area contributed by atoms with Gasteiger partial charge in [-0.15, -0.1) is 11.6 Å². The van der Waals surface area contributed by atoms with Crippen molar-refractivity contribution in [1.82, 2.24) is 0 Å². The minimum absolute atomic E-state index is 0.0863. The molecule has 0 heterocycles. The van der Waals surface area contributed by atoms with E-state index in [1.165, 1.54) is 6.07 Å². The number of hydrogen-bond acceptors (Lipinski definition) is 0. The molecule has 0 saturated heterocycles. The average molecular weight is 227 g/mol. The van der Waals surface area contributed by atoms with E-state index in [1.807, 2.05) is 12.1 Å². The van der Waals surface area contributed by atoms with Crippen molar-refractivity contribution in [2.24, 2.45) is 5.41 Å². The van der Waals surface area contributed by atoms with Gasteiger partial charge in [-0.05, 0) is 42.7 Å². The zero-order valence-electron chi connectivity index (χ0n) is 8.97. The van der Waals surface area contributed by atoms with Crippen LogP contribution in [-0.4, -0.2) is 5.38 Å². The fourth-order valence-corrected chi connectivity index (χ4v) is 2.99. The van der Waals surface area contributed by atoms with Gasteiger partial charge in [0.15, 0.2) is 0 Å². The summed E-state index contributed by atoms with van der Waals surface area (Å²) in [6, 6.07) is 7.04. The summed E-state index contributed by atoms with van der Waals surface area (Å²) in [4.78, 5) is 0. The van der Waals surface area contributed by atoms with Gasteiger partial charge in [-0.25, -0.2) is 4.39 Å². The van der Waals surface area contributed by atoms with Gasteiger partial charge in [0.1, 0.15) is 5.82 Å². The zero-order chi connectivity index (χ0) is 10.9. The van der Waals surface area contributed by atoms with Gasteiger partial charge in [0.2, 0.25) is 0 Å². The van der Waals surface area contributed by atoms with Crippen molar-refractivity contribution in [2.75, 3.05) is 0 Å². The molecular formula is C13H16ClF. The average Bonchev–Trinajstić information content (AvgIpc) is 2.51. The lowest BCUT2D eigenvalue weighted by Gasteiger charge is -2.23. The van der Waals surface area contributed by atoms with Crippen molar-refractivity contribution in [3.05, 3.63) is 35.6 Å². The summed E-state index contributed by atoms with van der Waals surface area (Å²) in [6.45, 7) is 2.21. The van der Waals surface area contributed by atoms with Crippen LogP contribution in [0.5, 0.6) is 0 Å². The van der Waals surface area contributed by atoms with Crippen molar-refractivity contribution < 1.29 is 4.39 Å². The van der Waals surface area contributed by atoms with Gasteiger partial charge in [0.25, 0.3) is 0 Å². The highest BCUT2D eigenvalue weighted by Gasteiger charge is 2.34.